The Hall–Kier alpha value is -1.55. The second-order valence-electron chi connectivity index (χ2n) is 6.21. The molecular formula is C16H26N2O2. The second-order valence-corrected chi connectivity index (χ2v) is 6.21. The quantitative estimate of drug-likeness (QED) is 0.839. The number of amides is 2. The van der Waals surface area contributed by atoms with E-state index < -0.39 is 6.10 Å². The van der Waals surface area contributed by atoms with Gasteiger partial charge in [0, 0.05) is 20.1 Å². The van der Waals surface area contributed by atoms with E-state index in [1.54, 1.807) is 14.0 Å². The van der Waals surface area contributed by atoms with Gasteiger partial charge in [-0.25, -0.2) is 4.79 Å². The summed E-state index contributed by atoms with van der Waals surface area (Å²) in [5, 5.41) is 12.2. The van der Waals surface area contributed by atoms with Gasteiger partial charge in [0.15, 0.2) is 0 Å². The van der Waals surface area contributed by atoms with Crippen LogP contribution in [-0.4, -0.2) is 42.3 Å². The van der Waals surface area contributed by atoms with Crippen molar-refractivity contribution in [3.05, 3.63) is 35.9 Å². The van der Waals surface area contributed by atoms with Crippen LogP contribution in [0.3, 0.4) is 0 Å². The molecule has 1 rings (SSSR count). The van der Waals surface area contributed by atoms with Crippen LogP contribution in [0.25, 0.3) is 0 Å². The summed E-state index contributed by atoms with van der Waals surface area (Å²) in [5.74, 6) is 0. The maximum absolute atomic E-state index is 11.9. The Morgan fingerprint density at radius 2 is 1.95 bits per heavy atom. The molecule has 0 aliphatic rings. The molecule has 1 aromatic carbocycles. The first kappa shape index (κ1) is 16.5. The molecule has 1 aromatic rings. The molecule has 0 fully saturated rings. The molecule has 1 atom stereocenters. The number of nitrogens with one attached hydrogen (secondary N) is 1. The number of hydrogen-bond acceptors (Lipinski definition) is 2. The van der Waals surface area contributed by atoms with Crippen LogP contribution >= 0.6 is 0 Å². The monoisotopic (exact) mass is 278 g/mol. The zero-order valence-electron chi connectivity index (χ0n) is 12.9. The van der Waals surface area contributed by atoms with Crippen molar-refractivity contribution in [2.75, 3.05) is 20.1 Å². The maximum atomic E-state index is 11.9. The number of aliphatic hydroxyl groups excluding tert-OH is 1. The van der Waals surface area contributed by atoms with Gasteiger partial charge in [0.25, 0.3) is 0 Å². The topological polar surface area (TPSA) is 52.6 Å². The van der Waals surface area contributed by atoms with E-state index in [4.69, 9.17) is 0 Å². The van der Waals surface area contributed by atoms with Crippen LogP contribution < -0.4 is 5.32 Å². The summed E-state index contributed by atoms with van der Waals surface area (Å²) < 4.78 is 0. The third-order valence-corrected chi connectivity index (χ3v) is 3.13. The Kier molecular flexibility index (Phi) is 6.02. The normalized spacial score (nSPS) is 12.8. The number of nitrogens with zero attached hydrogens (tertiary/aromatic N) is 1. The molecule has 0 saturated heterocycles. The molecule has 1 unspecified atom stereocenters. The fourth-order valence-electron chi connectivity index (χ4n) is 2.14. The number of urea groups is 1. The SMILES string of the molecule is CC(O)CN(C)C(=O)NCC(C)(C)Cc1ccccc1. The first-order chi connectivity index (χ1) is 9.30. The van der Waals surface area contributed by atoms with Gasteiger partial charge in [-0.2, -0.15) is 0 Å². The lowest BCUT2D eigenvalue weighted by atomic mass is 9.86. The molecule has 2 N–H and O–H groups in total. The summed E-state index contributed by atoms with van der Waals surface area (Å²) in [6, 6.07) is 10.1. The fraction of sp³-hybridized carbons (Fsp3) is 0.562. The van der Waals surface area contributed by atoms with Crippen LogP contribution in [0.4, 0.5) is 4.79 Å². The van der Waals surface area contributed by atoms with Crippen LogP contribution in [0.1, 0.15) is 26.3 Å². The number of carbonyl (C=O) groups is 1. The van der Waals surface area contributed by atoms with Crippen molar-refractivity contribution in [1.82, 2.24) is 10.2 Å². The van der Waals surface area contributed by atoms with E-state index in [1.165, 1.54) is 10.5 Å². The van der Waals surface area contributed by atoms with Gasteiger partial charge in [-0.15, -0.1) is 0 Å². The van der Waals surface area contributed by atoms with Crippen molar-refractivity contribution in [1.29, 1.82) is 0 Å². The minimum Gasteiger partial charge on any atom is -0.392 e. The Morgan fingerprint density at radius 1 is 1.35 bits per heavy atom. The standard InChI is InChI=1S/C16H26N2O2/c1-13(19)11-18(4)15(20)17-12-16(2,3)10-14-8-6-5-7-9-14/h5-9,13,19H,10-12H2,1-4H3,(H,17,20). The van der Waals surface area contributed by atoms with E-state index in [1.807, 2.05) is 18.2 Å². The Balaban J connectivity index is 2.45. The van der Waals surface area contributed by atoms with Crippen molar-refractivity contribution in [2.24, 2.45) is 5.41 Å². The van der Waals surface area contributed by atoms with Crippen molar-refractivity contribution < 1.29 is 9.90 Å². The maximum Gasteiger partial charge on any atom is 0.317 e. The van der Waals surface area contributed by atoms with Gasteiger partial charge in [0.1, 0.15) is 0 Å². The van der Waals surface area contributed by atoms with Crippen LogP contribution in [-0.2, 0) is 6.42 Å². The highest BCUT2D eigenvalue weighted by Gasteiger charge is 2.20. The van der Waals surface area contributed by atoms with Crippen molar-refractivity contribution in [3.63, 3.8) is 0 Å². The highest BCUT2D eigenvalue weighted by atomic mass is 16.3. The predicted molar refractivity (Wildman–Crippen MR) is 81.6 cm³/mol. The van der Waals surface area contributed by atoms with Crippen molar-refractivity contribution >= 4 is 6.03 Å². The van der Waals surface area contributed by atoms with Gasteiger partial charge in [0.05, 0.1) is 6.10 Å². The molecule has 2 amide bonds. The van der Waals surface area contributed by atoms with Gasteiger partial charge in [-0.3, -0.25) is 0 Å². The molecular weight excluding hydrogens is 252 g/mol. The van der Waals surface area contributed by atoms with Gasteiger partial charge in [-0.1, -0.05) is 44.2 Å². The van der Waals surface area contributed by atoms with Crippen LogP contribution in [0, 0.1) is 5.41 Å². The zero-order valence-corrected chi connectivity index (χ0v) is 12.9. The molecule has 112 valence electrons. The second kappa shape index (κ2) is 7.29. The van der Waals surface area contributed by atoms with Crippen LogP contribution in [0.15, 0.2) is 30.3 Å². The minimum absolute atomic E-state index is 0.0112. The molecule has 20 heavy (non-hydrogen) atoms. The van der Waals surface area contributed by atoms with Crippen LogP contribution in [0.5, 0.6) is 0 Å². The molecule has 0 saturated carbocycles. The number of rotatable bonds is 6. The van der Waals surface area contributed by atoms with Gasteiger partial charge >= 0.3 is 6.03 Å². The van der Waals surface area contributed by atoms with E-state index in [0.717, 1.165) is 6.42 Å². The number of benzene rings is 1. The molecule has 0 heterocycles. The molecule has 0 aliphatic heterocycles. The smallest absolute Gasteiger partial charge is 0.317 e. The molecule has 0 radical (unpaired) electrons. The average Bonchev–Trinajstić information content (AvgIpc) is 2.36. The molecule has 0 aliphatic carbocycles. The molecule has 0 spiro atoms. The summed E-state index contributed by atoms with van der Waals surface area (Å²) in [6.07, 6.45) is 0.400. The van der Waals surface area contributed by atoms with Crippen molar-refractivity contribution in [3.8, 4) is 0 Å². The largest absolute Gasteiger partial charge is 0.392 e. The summed E-state index contributed by atoms with van der Waals surface area (Å²) in [6.45, 7) is 6.88. The minimum atomic E-state index is -0.511. The Morgan fingerprint density at radius 3 is 2.50 bits per heavy atom. The molecule has 4 nitrogen and oxygen atoms in total. The van der Waals surface area contributed by atoms with E-state index in [2.05, 4.69) is 31.3 Å². The first-order valence-corrected chi connectivity index (χ1v) is 7.01. The van der Waals surface area contributed by atoms with Crippen molar-refractivity contribution in [2.45, 2.75) is 33.3 Å². The van der Waals surface area contributed by atoms with Crippen LogP contribution in [0.2, 0.25) is 0 Å². The van der Waals surface area contributed by atoms with Gasteiger partial charge in [0.2, 0.25) is 0 Å². The third-order valence-electron chi connectivity index (χ3n) is 3.13. The van der Waals surface area contributed by atoms with E-state index in [-0.39, 0.29) is 11.4 Å². The van der Waals surface area contributed by atoms with E-state index in [0.29, 0.717) is 13.1 Å². The van der Waals surface area contributed by atoms with Gasteiger partial charge in [-0.05, 0) is 24.3 Å². The first-order valence-electron chi connectivity index (χ1n) is 7.01. The van der Waals surface area contributed by atoms with Gasteiger partial charge < -0.3 is 15.3 Å². The lowest BCUT2D eigenvalue weighted by molar-refractivity contribution is 0.142. The number of hydrogen-bond donors (Lipinski definition) is 2. The predicted octanol–water partition coefficient (Wildman–Crippen LogP) is 2.28. The summed E-state index contributed by atoms with van der Waals surface area (Å²) in [5.41, 5.74) is 1.26. The Labute approximate surface area is 121 Å². The summed E-state index contributed by atoms with van der Waals surface area (Å²) in [7, 11) is 1.69. The average molecular weight is 278 g/mol. The fourth-order valence-corrected chi connectivity index (χ4v) is 2.14. The zero-order chi connectivity index (χ0) is 15.2. The number of aliphatic hydroxyl groups is 1. The third kappa shape index (κ3) is 6.06. The molecule has 4 heteroatoms. The lowest BCUT2D eigenvalue weighted by Crippen LogP contribution is -2.44. The summed E-state index contributed by atoms with van der Waals surface area (Å²) >= 11 is 0. The molecule has 0 aromatic heterocycles. The summed E-state index contributed by atoms with van der Waals surface area (Å²) in [4.78, 5) is 13.4. The van der Waals surface area contributed by atoms with E-state index in [9.17, 15) is 9.90 Å². The Bertz CT molecular complexity index is 416. The highest BCUT2D eigenvalue weighted by molar-refractivity contribution is 5.73. The number of likely N-dealkylation sites (N-methyl/N-ethyl adjacent to an activating group) is 1. The molecule has 0 bridgehead atoms. The highest BCUT2D eigenvalue weighted by Crippen LogP contribution is 2.20. The number of carbonyl (C=O) groups excluding carboxylic acids is 1. The lowest BCUT2D eigenvalue weighted by Gasteiger charge is -2.27. The van der Waals surface area contributed by atoms with E-state index >= 15 is 0 Å².